The first-order valence-corrected chi connectivity index (χ1v) is 10.6. The van der Waals surface area contributed by atoms with E-state index >= 15 is 0 Å². The molecule has 0 aliphatic heterocycles. The highest BCUT2D eigenvalue weighted by Crippen LogP contribution is 2.37. The first-order chi connectivity index (χ1) is 11.1. The van der Waals surface area contributed by atoms with E-state index in [9.17, 15) is 4.79 Å². The van der Waals surface area contributed by atoms with Crippen LogP contribution < -0.4 is 0 Å². The van der Waals surface area contributed by atoms with Gasteiger partial charge in [0.05, 0.1) is 0 Å². The molecule has 1 saturated carbocycles. The minimum absolute atomic E-state index is 0.289. The molecular weight excluding hydrogens is 280 g/mol. The molecule has 3 unspecified atom stereocenters. The highest BCUT2D eigenvalue weighted by atomic mass is 16.1. The summed E-state index contributed by atoms with van der Waals surface area (Å²) in [6, 6.07) is 0. The fourth-order valence-electron chi connectivity index (χ4n) is 3.79. The Morgan fingerprint density at radius 2 is 1.35 bits per heavy atom. The number of carbonyl (C=O) groups excluding carboxylic acids is 1. The van der Waals surface area contributed by atoms with Gasteiger partial charge < -0.3 is 0 Å². The Bertz CT molecular complexity index is 263. The molecule has 0 N–H and O–H groups in total. The lowest BCUT2D eigenvalue weighted by Gasteiger charge is -2.20. The van der Waals surface area contributed by atoms with Gasteiger partial charge in [0.25, 0.3) is 0 Å². The average Bonchev–Trinajstić information content (AvgIpc) is 2.98. The van der Waals surface area contributed by atoms with Crippen molar-refractivity contribution in [3.63, 3.8) is 0 Å². The molecule has 0 aromatic heterocycles. The summed E-state index contributed by atoms with van der Waals surface area (Å²) in [6.45, 7) is 10.6. The Labute approximate surface area is 147 Å². The molecule has 1 fully saturated rings. The highest BCUT2D eigenvalue weighted by Gasteiger charge is 2.27. The molecule has 0 bridgehead atoms. The number of unbranched alkanes of at least 4 members (excludes halogenated alkanes) is 7. The van der Waals surface area contributed by atoms with Crippen LogP contribution in [0.3, 0.4) is 0 Å². The fourth-order valence-corrected chi connectivity index (χ4v) is 3.79. The number of ketones is 1. The average molecular weight is 325 g/mol. The Hall–Kier alpha value is -0.330. The van der Waals surface area contributed by atoms with Gasteiger partial charge >= 0.3 is 0 Å². The van der Waals surface area contributed by atoms with Crippen molar-refractivity contribution >= 4 is 5.78 Å². The summed E-state index contributed by atoms with van der Waals surface area (Å²) < 4.78 is 0. The summed E-state index contributed by atoms with van der Waals surface area (Å²) in [5.41, 5.74) is 0. The molecule has 138 valence electrons. The van der Waals surface area contributed by atoms with Crippen molar-refractivity contribution < 1.29 is 4.79 Å². The largest absolute Gasteiger partial charge is 0.300 e. The molecule has 0 amide bonds. The van der Waals surface area contributed by atoms with E-state index in [2.05, 4.69) is 27.7 Å². The SMILES string of the molecule is CCC1CCCC1CC(C)C(C)=O.CCCCCCCCCC. The molecule has 0 saturated heterocycles. The van der Waals surface area contributed by atoms with E-state index in [0.717, 1.165) is 18.3 Å². The zero-order chi connectivity index (χ0) is 17.5. The standard InChI is InChI=1S/C12H22O.C10H22/c1-4-11-6-5-7-12(11)8-9(2)10(3)13;1-3-5-7-9-10-8-6-4-2/h9,11-12H,4-8H2,1-3H3;3-10H2,1-2H3. The van der Waals surface area contributed by atoms with E-state index < -0.39 is 0 Å². The van der Waals surface area contributed by atoms with Crippen LogP contribution in [0.2, 0.25) is 0 Å². The van der Waals surface area contributed by atoms with Gasteiger partial charge in [-0.25, -0.2) is 0 Å². The predicted octanol–water partition coefficient (Wildman–Crippen LogP) is 7.57. The molecule has 0 radical (unpaired) electrons. The first kappa shape index (κ1) is 22.7. The summed E-state index contributed by atoms with van der Waals surface area (Å²) in [6.07, 6.45) is 18.0. The van der Waals surface area contributed by atoms with E-state index in [4.69, 9.17) is 0 Å². The second-order valence-corrected chi connectivity index (χ2v) is 7.73. The minimum Gasteiger partial charge on any atom is -0.300 e. The third-order valence-electron chi connectivity index (χ3n) is 5.65. The Morgan fingerprint density at radius 3 is 1.78 bits per heavy atom. The van der Waals surface area contributed by atoms with E-state index in [1.165, 1.54) is 77.0 Å². The van der Waals surface area contributed by atoms with Crippen LogP contribution in [0.5, 0.6) is 0 Å². The zero-order valence-corrected chi connectivity index (χ0v) is 16.8. The monoisotopic (exact) mass is 324 g/mol. The molecule has 3 atom stereocenters. The van der Waals surface area contributed by atoms with Gasteiger partial charge in [0.15, 0.2) is 0 Å². The summed E-state index contributed by atoms with van der Waals surface area (Å²) >= 11 is 0. The van der Waals surface area contributed by atoms with Crippen LogP contribution in [0.4, 0.5) is 0 Å². The Morgan fingerprint density at radius 1 is 0.870 bits per heavy atom. The van der Waals surface area contributed by atoms with Gasteiger partial charge in [-0.05, 0) is 25.2 Å². The van der Waals surface area contributed by atoms with E-state index in [1.54, 1.807) is 6.92 Å². The maximum atomic E-state index is 11.1. The number of hydrogen-bond acceptors (Lipinski definition) is 1. The quantitative estimate of drug-likeness (QED) is 0.358. The van der Waals surface area contributed by atoms with Crippen molar-refractivity contribution in [1.82, 2.24) is 0 Å². The summed E-state index contributed by atoms with van der Waals surface area (Å²) in [5.74, 6) is 2.39. The van der Waals surface area contributed by atoms with Crippen molar-refractivity contribution in [2.75, 3.05) is 0 Å². The van der Waals surface area contributed by atoms with Crippen molar-refractivity contribution in [3.8, 4) is 0 Å². The molecule has 0 spiro atoms. The van der Waals surface area contributed by atoms with Gasteiger partial charge in [-0.2, -0.15) is 0 Å². The second-order valence-electron chi connectivity index (χ2n) is 7.73. The van der Waals surface area contributed by atoms with Gasteiger partial charge in [-0.1, -0.05) is 105 Å². The van der Waals surface area contributed by atoms with E-state index in [-0.39, 0.29) is 5.92 Å². The summed E-state index contributed by atoms with van der Waals surface area (Å²) in [4.78, 5) is 11.1. The summed E-state index contributed by atoms with van der Waals surface area (Å²) in [5, 5.41) is 0. The number of hydrogen-bond donors (Lipinski definition) is 0. The summed E-state index contributed by atoms with van der Waals surface area (Å²) in [7, 11) is 0. The molecule has 23 heavy (non-hydrogen) atoms. The molecule has 0 aromatic rings. The first-order valence-electron chi connectivity index (χ1n) is 10.6. The maximum Gasteiger partial charge on any atom is 0.132 e. The van der Waals surface area contributed by atoms with Crippen LogP contribution in [0.15, 0.2) is 0 Å². The third kappa shape index (κ3) is 11.8. The molecule has 1 heteroatoms. The number of rotatable bonds is 11. The van der Waals surface area contributed by atoms with Gasteiger partial charge in [0.2, 0.25) is 0 Å². The molecule has 1 nitrogen and oxygen atoms in total. The lowest BCUT2D eigenvalue weighted by Crippen LogP contribution is -2.15. The molecule has 1 aliphatic rings. The number of Topliss-reactive ketones (excluding diaryl/α,β-unsaturated/α-hetero) is 1. The van der Waals surface area contributed by atoms with Crippen LogP contribution in [-0.4, -0.2) is 5.78 Å². The molecule has 1 rings (SSSR count). The molecule has 0 aromatic carbocycles. The minimum atomic E-state index is 0.289. The molecule has 0 heterocycles. The fraction of sp³-hybridized carbons (Fsp3) is 0.955. The maximum absolute atomic E-state index is 11.1. The highest BCUT2D eigenvalue weighted by molar-refractivity contribution is 5.77. The van der Waals surface area contributed by atoms with Crippen molar-refractivity contribution in [1.29, 1.82) is 0 Å². The van der Waals surface area contributed by atoms with E-state index in [0.29, 0.717) is 5.78 Å². The van der Waals surface area contributed by atoms with Gasteiger partial charge in [0.1, 0.15) is 5.78 Å². The Kier molecular flexibility index (Phi) is 15.0. The zero-order valence-electron chi connectivity index (χ0n) is 16.8. The smallest absolute Gasteiger partial charge is 0.132 e. The van der Waals surface area contributed by atoms with E-state index in [1.807, 2.05) is 0 Å². The van der Waals surface area contributed by atoms with Crippen LogP contribution in [0.25, 0.3) is 0 Å². The van der Waals surface area contributed by atoms with Gasteiger partial charge in [-0.15, -0.1) is 0 Å². The molecular formula is C22H44O. The number of carbonyl (C=O) groups is 1. The van der Waals surface area contributed by atoms with Crippen molar-refractivity contribution in [3.05, 3.63) is 0 Å². The normalized spacial score (nSPS) is 21.6. The third-order valence-corrected chi connectivity index (χ3v) is 5.65. The van der Waals surface area contributed by atoms with Gasteiger partial charge in [0, 0.05) is 5.92 Å². The van der Waals surface area contributed by atoms with Crippen molar-refractivity contribution in [2.45, 2.75) is 118 Å². The van der Waals surface area contributed by atoms with Gasteiger partial charge in [-0.3, -0.25) is 4.79 Å². The lowest BCUT2D eigenvalue weighted by atomic mass is 9.85. The van der Waals surface area contributed by atoms with Crippen LogP contribution in [-0.2, 0) is 4.79 Å². The lowest BCUT2D eigenvalue weighted by molar-refractivity contribution is -0.120. The predicted molar refractivity (Wildman–Crippen MR) is 104 cm³/mol. The molecule has 1 aliphatic carbocycles. The Balaban J connectivity index is 0.000000438. The van der Waals surface area contributed by atoms with Crippen molar-refractivity contribution in [2.24, 2.45) is 17.8 Å². The van der Waals surface area contributed by atoms with Crippen LogP contribution in [0.1, 0.15) is 118 Å². The van der Waals surface area contributed by atoms with Crippen LogP contribution >= 0.6 is 0 Å². The topological polar surface area (TPSA) is 17.1 Å². The second kappa shape index (κ2) is 15.2. The van der Waals surface area contributed by atoms with Crippen LogP contribution in [0, 0.1) is 17.8 Å².